The van der Waals surface area contributed by atoms with Crippen molar-refractivity contribution >= 4 is 5.97 Å². The molecule has 0 saturated heterocycles. The van der Waals surface area contributed by atoms with E-state index in [0.29, 0.717) is 17.3 Å². The van der Waals surface area contributed by atoms with Crippen molar-refractivity contribution < 1.29 is 19.2 Å². The fourth-order valence-electron chi connectivity index (χ4n) is 2.13. The Morgan fingerprint density at radius 2 is 2.00 bits per heavy atom. The number of aromatic nitrogens is 3. The molecule has 0 amide bonds. The van der Waals surface area contributed by atoms with Crippen LogP contribution in [-0.2, 0) is 6.61 Å². The lowest BCUT2D eigenvalue weighted by atomic mass is 10.1. The van der Waals surface area contributed by atoms with E-state index >= 15 is 0 Å². The van der Waals surface area contributed by atoms with Gasteiger partial charge in [-0.2, -0.15) is 0 Å². The van der Waals surface area contributed by atoms with Gasteiger partial charge < -0.3 is 14.4 Å². The highest BCUT2D eigenvalue weighted by Gasteiger charge is 2.16. The maximum Gasteiger partial charge on any atom is 0.337 e. The highest BCUT2D eigenvalue weighted by molar-refractivity contribution is 5.87. The Bertz CT molecular complexity index is 855. The highest BCUT2D eigenvalue weighted by Crippen LogP contribution is 2.26. The number of hydrogen-bond donors (Lipinski definition) is 1. The molecule has 0 bridgehead atoms. The number of rotatable bonds is 5. The second-order valence-electron chi connectivity index (χ2n) is 5.23. The average molecular weight is 325 g/mol. The van der Waals surface area contributed by atoms with Crippen molar-refractivity contribution in [2.45, 2.75) is 20.5 Å². The van der Waals surface area contributed by atoms with Gasteiger partial charge in [0.2, 0.25) is 5.88 Å². The van der Waals surface area contributed by atoms with Crippen LogP contribution in [0.25, 0.3) is 11.3 Å². The number of aromatic carboxylic acids is 1. The Morgan fingerprint density at radius 1 is 1.17 bits per heavy atom. The number of pyridine rings is 2. The summed E-state index contributed by atoms with van der Waals surface area (Å²) in [5.41, 5.74) is 3.33. The molecule has 0 atom stereocenters. The number of hydrogen-bond acceptors (Lipinski definition) is 6. The smallest absolute Gasteiger partial charge is 0.337 e. The van der Waals surface area contributed by atoms with Crippen LogP contribution in [-0.4, -0.2) is 26.2 Å². The fourth-order valence-corrected chi connectivity index (χ4v) is 2.13. The summed E-state index contributed by atoms with van der Waals surface area (Å²) in [6, 6.07) is 6.77. The zero-order valence-corrected chi connectivity index (χ0v) is 13.2. The van der Waals surface area contributed by atoms with Crippen LogP contribution < -0.4 is 4.74 Å². The minimum absolute atomic E-state index is 0.106. The molecule has 0 spiro atoms. The van der Waals surface area contributed by atoms with Gasteiger partial charge in [-0.05, 0) is 32.0 Å². The van der Waals surface area contributed by atoms with Crippen LogP contribution in [0.1, 0.15) is 27.4 Å². The van der Waals surface area contributed by atoms with Gasteiger partial charge in [0.1, 0.15) is 18.1 Å². The summed E-state index contributed by atoms with van der Waals surface area (Å²) in [5, 5.41) is 12.9. The number of nitrogens with zero attached hydrogens (tertiary/aromatic N) is 3. The zero-order chi connectivity index (χ0) is 17.1. The first kappa shape index (κ1) is 15.7. The third kappa shape index (κ3) is 3.24. The summed E-state index contributed by atoms with van der Waals surface area (Å²) in [4.78, 5) is 19.1. The van der Waals surface area contributed by atoms with Crippen LogP contribution in [0.5, 0.6) is 5.88 Å². The zero-order valence-electron chi connectivity index (χ0n) is 13.2. The highest BCUT2D eigenvalue weighted by atomic mass is 16.5. The molecule has 24 heavy (non-hydrogen) atoms. The number of aryl methyl sites for hydroxylation is 2. The van der Waals surface area contributed by atoms with Crippen molar-refractivity contribution in [3.63, 3.8) is 0 Å². The lowest BCUT2D eigenvalue weighted by Gasteiger charge is -2.06. The summed E-state index contributed by atoms with van der Waals surface area (Å²) in [5.74, 6) is -0.0561. The first-order valence-electron chi connectivity index (χ1n) is 7.25. The Hall–Kier alpha value is -3.22. The third-order valence-electron chi connectivity index (χ3n) is 3.52. The predicted molar refractivity (Wildman–Crippen MR) is 84.7 cm³/mol. The molecule has 0 aliphatic carbocycles. The van der Waals surface area contributed by atoms with Crippen LogP contribution in [0.15, 0.2) is 41.2 Å². The predicted octanol–water partition coefficient (Wildman–Crippen LogP) is 3.03. The van der Waals surface area contributed by atoms with E-state index in [1.165, 1.54) is 18.3 Å². The largest absolute Gasteiger partial charge is 0.478 e. The molecule has 7 nitrogen and oxygen atoms in total. The van der Waals surface area contributed by atoms with Crippen LogP contribution in [0.3, 0.4) is 0 Å². The quantitative estimate of drug-likeness (QED) is 0.769. The van der Waals surface area contributed by atoms with Crippen molar-refractivity contribution in [2.24, 2.45) is 0 Å². The topological polar surface area (TPSA) is 98.3 Å². The van der Waals surface area contributed by atoms with Gasteiger partial charge in [0.05, 0.1) is 11.1 Å². The minimum Gasteiger partial charge on any atom is -0.478 e. The first-order chi connectivity index (χ1) is 11.5. The SMILES string of the molecule is Cc1ccc(-c2noc(C)c2COc2ccc(C(=O)O)cn2)cn1. The van der Waals surface area contributed by atoms with Crippen LogP contribution in [0, 0.1) is 13.8 Å². The normalized spacial score (nSPS) is 10.6. The molecular weight excluding hydrogens is 310 g/mol. The lowest BCUT2D eigenvalue weighted by molar-refractivity contribution is 0.0696. The molecule has 7 heteroatoms. The van der Waals surface area contributed by atoms with Gasteiger partial charge in [0.15, 0.2) is 0 Å². The van der Waals surface area contributed by atoms with Crippen LogP contribution >= 0.6 is 0 Å². The molecular formula is C17H15N3O4. The Labute approximate surface area is 137 Å². The summed E-state index contributed by atoms with van der Waals surface area (Å²) in [6.07, 6.45) is 2.99. The molecule has 1 N–H and O–H groups in total. The van der Waals surface area contributed by atoms with E-state index in [1.807, 2.05) is 19.1 Å². The van der Waals surface area contributed by atoms with Gasteiger partial charge in [-0.3, -0.25) is 4.98 Å². The van der Waals surface area contributed by atoms with Gasteiger partial charge in [-0.25, -0.2) is 9.78 Å². The summed E-state index contributed by atoms with van der Waals surface area (Å²) in [7, 11) is 0. The van der Waals surface area contributed by atoms with E-state index in [0.717, 1.165) is 16.8 Å². The van der Waals surface area contributed by atoms with E-state index in [9.17, 15) is 4.79 Å². The molecule has 3 aromatic heterocycles. The second kappa shape index (κ2) is 6.49. The molecule has 0 unspecified atom stereocenters. The maximum absolute atomic E-state index is 10.8. The second-order valence-corrected chi connectivity index (χ2v) is 5.23. The van der Waals surface area contributed by atoms with Gasteiger partial charge >= 0.3 is 5.97 Å². The number of carboxylic acids is 1. The van der Waals surface area contributed by atoms with Gasteiger partial charge in [-0.1, -0.05) is 5.16 Å². The minimum atomic E-state index is -1.03. The summed E-state index contributed by atoms with van der Waals surface area (Å²) >= 11 is 0. The lowest BCUT2D eigenvalue weighted by Crippen LogP contribution is -2.01. The fraction of sp³-hybridized carbons (Fsp3) is 0.176. The van der Waals surface area contributed by atoms with E-state index in [-0.39, 0.29) is 12.2 Å². The van der Waals surface area contributed by atoms with E-state index in [2.05, 4.69) is 15.1 Å². The molecule has 0 fully saturated rings. The monoisotopic (exact) mass is 325 g/mol. The van der Waals surface area contributed by atoms with Crippen molar-refractivity contribution in [1.82, 2.24) is 15.1 Å². The Kier molecular flexibility index (Phi) is 4.24. The van der Waals surface area contributed by atoms with E-state index < -0.39 is 5.97 Å². The molecule has 3 aromatic rings. The van der Waals surface area contributed by atoms with Crippen LogP contribution in [0.2, 0.25) is 0 Å². The third-order valence-corrected chi connectivity index (χ3v) is 3.52. The van der Waals surface area contributed by atoms with Crippen molar-refractivity contribution in [2.75, 3.05) is 0 Å². The van der Waals surface area contributed by atoms with Crippen molar-refractivity contribution in [3.8, 4) is 17.1 Å². The summed E-state index contributed by atoms with van der Waals surface area (Å²) < 4.78 is 10.9. The first-order valence-corrected chi connectivity index (χ1v) is 7.25. The molecule has 0 aliphatic rings. The van der Waals surface area contributed by atoms with Gasteiger partial charge in [-0.15, -0.1) is 0 Å². The van der Waals surface area contributed by atoms with Gasteiger partial charge in [0, 0.05) is 29.7 Å². The number of carboxylic acid groups (broad SMARTS) is 1. The van der Waals surface area contributed by atoms with E-state index in [1.54, 1.807) is 13.1 Å². The van der Waals surface area contributed by atoms with Crippen LogP contribution in [0.4, 0.5) is 0 Å². The molecule has 0 aromatic carbocycles. The Balaban J connectivity index is 1.79. The standard InChI is InChI=1S/C17H15N3O4/c1-10-3-4-12(7-18-10)16-14(11(2)24-20-16)9-23-15-6-5-13(8-19-15)17(21)22/h3-8H,9H2,1-2H3,(H,21,22). The van der Waals surface area contributed by atoms with Gasteiger partial charge in [0.25, 0.3) is 0 Å². The summed E-state index contributed by atoms with van der Waals surface area (Å²) in [6.45, 7) is 3.92. The number of ether oxygens (including phenoxy) is 1. The molecule has 3 heterocycles. The van der Waals surface area contributed by atoms with Crippen molar-refractivity contribution in [1.29, 1.82) is 0 Å². The molecule has 122 valence electrons. The molecule has 3 rings (SSSR count). The van der Waals surface area contributed by atoms with E-state index in [4.69, 9.17) is 14.4 Å². The molecule has 0 saturated carbocycles. The maximum atomic E-state index is 10.8. The molecule has 0 aliphatic heterocycles. The van der Waals surface area contributed by atoms with Crippen molar-refractivity contribution in [3.05, 3.63) is 59.2 Å². The molecule has 0 radical (unpaired) electrons. The Morgan fingerprint density at radius 3 is 2.62 bits per heavy atom. The number of carbonyl (C=O) groups is 1. The average Bonchev–Trinajstić information content (AvgIpc) is 2.95.